The van der Waals surface area contributed by atoms with Crippen LogP contribution in [0.25, 0.3) is 0 Å². The van der Waals surface area contributed by atoms with E-state index in [2.05, 4.69) is 8.37 Å². The van der Waals surface area contributed by atoms with Crippen LogP contribution in [0, 0.1) is 0 Å². The standard InChI is InChI=1S/C21H44O8S2/c22-30(23,24)28-20-18-16-14-12-10-8-6-4-2-1-3-5-7-9-11-13-15-17-19-21-29-31(25,26)27/h1-21H2,(H,22,23,24)(H,25,26,27). The van der Waals surface area contributed by atoms with Gasteiger partial charge in [0.2, 0.25) is 0 Å². The number of rotatable bonds is 24. The van der Waals surface area contributed by atoms with Crippen LogP contribution in [0.2, 0.25) is 0 Å². The molecule has 0 aliphatic heterocycles. The van der Waals surface area contributed by atoms with Crippen LogP contribution in [0.4, 0.5) is 0 Å². The normalized spacial score (nSPS) is 12.5. The first-order valence-electron chi connectivity index (χ1n) is 11.9. The van der Waals surface area contributed by atoms with Crippen molar-refractivity contribution in [1.82, 2.24) is 0 Å². The summed E-state index contributed by atoms with van der Waals surface area (Å²) in [5.74, 6) is 0. The van der Waals surface area contributed by atoms with E-state index in [0.717, 1.165) is 25.7 Å². The van der Waals surface area contributed by atoms with E-state index in [1.54, 1.807) is 0 Å². The Bertz CT molecular complexity index is 539. The van der Waals surface area contributed by atoms with Crippen LogP contribution in [0.1, 0.15) is 122 Å². The quantitative estimate of drug-likeness (QED) is 0.124. The first-order chi connectivity index (χ1) is 14.7. The molecular formula is C21H44O8S2. The summed E-state index contributed by atoms with van der Waals surface area (Å²) in [6.07, 6.45) is 21.8. The Balaban J connectivity index is 3.09. The van der Waals surface area contributed by atoms with Crippen molar-refractivity contribution in [3.63, 3.8) is 0 Å². The van der Waals surface area contributed by atoms with Gasteiger partial charge in [-0.1, -0.05) is 109 Å². The molecule has 0 bridgehead atoms. The van der Waals surface area contributed by atoms with Crippen LogP contribution in [0.15, 0.2) is 0 Å². The molecule has 0 unspecified atom stereocenters. The van der Waals surface area contributed by atoms with E-state index in [1.807, 2.05) is 0 Å². The maximum absolute atomic E-state index is 10.4. The van der Waals surface area contributed by atoms with E-state index in [0.29, 0.717) is 12.8 Å². The van der Waals surface area contributed by atoms with E-state index >= 15 is 0 Å². The van der Waals surface area contributed by atoms with Crippen molar-refractivity contribution in [3.05, 3.63) is 0 Å². The predicted octanol–water partition coefficient (Wildman–Crippen LogP) is 6.04. The summed E-state index contributed by atoms with van der Waals surface area (Å²) in [6, 6.07) is 0. The molecule has 0 aromatic carbocycles. The van der Waals surface area contributed by atoms with E-state index < -0.39 is 20.8 Å². The predicted molar refractivity (Wildman–Crippen MR) is 123 cm³/mol. The summed E-state index contributed by atoms with van der Waals surface area (Å²) in [5.41, 5.74) is 0. The molecule has 0 saturated heterocycles. The van der Waals surface area contributed by atoms with Crippen molar-refractivity contribution in [3.8, 4) is 0 Å². The van der Waals surface area contributed by atoms with Gasteiger partial charge in [0.15, 0.2) is 0 Å². The molecule has 188 valence electrons. The highest BCUT2D eigenvalue weighted by atomic mass is 32.3. The van der Waals surface area contributed by atoms with E-state index in [9.17, 15) is 16.8 Å². The minimum atomic E-state index is -4.28. The Morgan fingerprint density at radius 3 is 0.677 bits per heavy atom. The van der Waals surface area contributed by atoms with Crippen LogP contribution >= 0.6 is 0 Å². The zero-order chi connectivity index (χ0) is 23.3. The molecule has 0 saturated carbocycles. The van der Waals surface area contributed by atoms with Gasteiger partial charge in [0, 0.05) is 0 Å². The summed E-state index contributed by atoms with van der Waals surface area (Å²) in [5, 5.41) is 0. The van der Waals surface area contributed by atoms with Crippen molar-refractivity contribution in [2.75, 3.05) is 13.2 Å². The first-order valence-corrected chi connectivity index (χ1v) is 14.7. The van der Waals surface area contributed by atoms with Gasteiger partial charge in [-0.15, -0.1) is 0 Å². The molecule has 0 radical (unpaired) electrons. The van der Waals surface area contributed by atoms with Crippen LogP contribution in [0.5, 0.6) is 0 Å². The van der Waals surface area contributed by atoms with Gasteiger partial charge in [0.25, 0.3) is 0 Å². The molecule has 31 heavy (non-hydrogen) atoms. The molecule has 0 aliphatic rings. The Labute approximate surface area is 190 Å². The molecule has 0 rings (SSSR count). The number of hydrogen-bond donors (Lipinski definition) is 2. The zero-order valence-electron chi connectivity index (χ0n) is 19.0. The van der Waals surface area contributed by atoms with Gasteiger partial charge in [0.1, 0.15) is 0 Å². The van der Waals surface area contributed by atoms with Gasteiger partial charge < -0.3 is 0 Å². The average molecular weight is 489 g/mol. The smallest absolute Gasteiger partial charge is 0.264 e. The van der Waals surface area contributed by atoms with Crippen molar-refractivity contribution in [2.45, 2.75) is 122 Å². The van der Waals surface area contributed by atoms with E-state index in [4.69, 9.17) is 9.11 Å². The molecule has 0 aromatic rings. The Morgan fingerprint density at radius 1 is 0.355 bits per heavy atom. The molecular weight excluding hydrogens is 444 g/mol. The summed E-state index contributed by atoms with van der Waals surface area (Å²) >= 11 is 0. The minimum absolute atomic E-state index is 0.0661. The van der Waals surface area contributed by atoms with E-state index in [-0.39, 0.29) is 13.2 Å². The zero-order valence-corrected chi connectivity index (χ0v) is 20.6. The SMILES string of the molecule is O=S(=O)(O)OCCCCCCCCCCCCCCCCCCCCCOS(=O)(=O)O. The molecule has 0 atom stereocenters. The van der Waals surface area contributed by atoms with Gasteiger partial charge >= 0.3 is 20.8 Å². The summed E-state index contributed by atoms with van der Waals surface area (Å²) in [6.45, 7) is 0.132. The highest BCUT2D eigenvalue weighted by Crippen LogP contribution is 2.14. The third-order valence-corrected chi connectivity index (χ3v) is 6.18. The van der Waals surface area contributed by atoms with Crippen LogP contribution in [0.3, 0.4) is 0 Å². The molecule has 0 spiro atoms. The van der Waals surface area contributed by atoms with Gasteiger partial charge in [-0.25, -0.2) is 8.37 Å². The van der Waals surface area contributed by atoms with Crippen molar-refractivity contribution >= 4 is 20.8 Å². The summed E-state index contributed by atoms with van der Waals surface area (Å²) in [7, 11) is -8.55. The van der Waals surface area contributed by atoms with Crippen molar-refractivity contribution in [2.24, 2.45) is 0 Å². The van der Waals surface area contributed by atoms with Crippen LogP contribution in [-0.2, 0) is 29.2 Å². The number of unbranched alkanes of at least 4 members (excludes halogenated alkanes) is 18. The molecule has 0 aromatic heterocycles. The van der Waals surface area contributed by atoms with Gasteiger partial charge in [-0.2, -0.15) is 16.8 Å². The lowest BCUT2D eigenvalue weighted by atomic mass is 10.0. The fourth-order valence-corrected chi connectivity index (χ4v) is 4.19. The Morgan fingerprint density at radius 2 is 0.516 bits per heavy atom. The second-order valence-corrected chi connectivity index (χ2v) is 10.4. The molecule has 8 nitrogen and oxygen atoms in total. The largest absolute Gasteiger partial charge is 0.397 e. The Hall–Kier alpha value is -0.260. The highest BCUT2D eigenvalue weighted by Gasteiger charge is 2.03. The second kappa shape index (κ2) is 20.4. The fourth-order valence-electron chi connectivity index (χ4n) is 3.54. The molecule has 0 amide bonds. The van der Waals surface area contributed by atoms with Gasteiger partial charge in [0.05, 0.1) is 13.2 Å². The molecule has 0 aliphatic carbocycles. The lowest BCUT2D eigenvalue weighted by Crippen LogP contribution is -2.04. The van der Waals surface area contributed by atoms with Crippen LogP contribution < -0.4 is 0 Å². The summed E-state index contributed by atoms with van der Waals surface area (Å²) < 4.78 is 66.9. The fraction of sp³-hybridized carbons (Fsp3) is 1.00. The minimum Gasteiger partial charge on any atom is -0.264 e. The number of hydrogen-bond acceptors (Lipinski definition) is 6. The molecule has 2 N–H and O–H groups in total. The molecule has 0 fully saturated rings. The third kappa shape index (κ3) is 29.7. The monoisotopic (exact) mass is 488 g/mol. The first kappa shape index (κ1) is 30.7. The highest BCUT2D eigenvalue weighted by molar-refractivity contribution is 7.81. The van der Waals surface area contributed by atoms with Crippen LogP contribution in [-0.4, -0.2) is 39.2 Å². The average Bonchev–Trinajstić information content (AvgIpc) is 2.67. The third-order valence-electron chi connectivity index (χ3n) is 5.25. The van der Waals surface area contributed by atoms with Crippen molar-refractivity contribution in [1.29, 1.82) is 0 Å². The molecule has 10 heteroatoms. The van der Waals surface area contributed by atoms with E-state index in [1.165, 1.54) is 83.5 Å². The van der Waals surface area contributed by atoms with Crippen molar-refractivity contribution < 1.29 is 34.3 Å². The summed E-state index contributed by atoms with van der Waals surface area (Å²) in [4.78, 5) is 0. The lowest BCUT2D eigenvalue weighted by Gasteiger charge is -2.04. The van der Waals surface area contributed by atoms with Gasteiger partial charge in [-0.05, 0) is 12.8 Å². The second-order valence-electron chi connectivity index (χ2n) is 8.22. The molecule has 0 heterocycles. The topological polar surface area (TPSA) is 127 Å². The van der Waals surface area contributed by atoms with Gasteiger partial charge in [-0.3, -0.25) is 9.11 Å². The lowest BCUT2D eigenvalue weighted by molar-refractivity contribution is 0.260. The maximum Gasteiger partial charge on any atom is 0.397 e. The maximum atomic E-state index is 10.4. The Kier molecular flexibility index (Phi) is 20.2.